The van der Waals surface area contributed by atoms with E-state index in [-0.39, 0.29) is 13.1 Å². The van der Waals surface area contributed by atoms with E-state index in [1.807, 2.05) is 0 Å². The smallest absolute Gasteiger partial charge is 0.251 e. The molecule has 0 aromatic heterocycles. The van der Waals surface area contributed by atoms with E-state index in [0.717, 1.165) is 51.4 Å². The molecule has 1 aromatic carbocycles. The van der Waals surface area contributed by atoms with E-state index in [9.17, 15) is 30.0 Å². The predicted octanol–water partition coefficient (Wildman–Crippen LogP) is 9.87. The molecule has 0 spiro atoms. The zero-order chi connectivity index (χ0) is 46.2. The molecule has 0 saturated carbocycles. The highest BCUT2D eigenvalue weighted by molar-refractivity contribution is 5.95. The van der Waals surface area contributed by atoms with Crippen LogP contribution in [0.5, 0.6) is 17.2 Å². The number of hydrogen-bond acceptors (Lipinski definition) is 10. The zero-order valence-electron chi connectivity index (χ0n) is 40.2. The third kappa shape index (κ3) is 29.5. The first-order valence-electron chi connectivity index (χ1n) is 25.7. The van der Waals surface area contributed by atoms with Crippen LogP contribution >= 0.6 is 0 Å². The van der Waals surface area contributed by atoms with Crippen LogP contribution in [-0.2, 0) is 4.79 Å². The van der Waals surface area contributed by atoms with Crippen LogP contribution in [0.1, 0.15) is 224 Å². The first-order chi connectivity index (χ1) is 30.7. The minimum atomic E-state index is -2.06. The van der Waals surface area contributed by atoms with E-state index in [2.05, 4.69) is 31.4 Å². The zero-order valence-corrected chi connectivity index (χ0v) is 40.2. The molecule has 368 valence electrons. The Labute approximate surface area is 383 Å². The summed E-state index contributed by atoms with van der Waals surface area (Å²) in [6.07, 6.45) is 28.7. The van der Waals surface area contributed by atoms with Crippen molar-refractivity contribution < 1.29 is 49.3 Å². The van der Waals surface area contributed by atoms with Crippen LogP contribution in [0.2, 0.25) is 0 Å². The van der Waals surface area contributed by atoms with Gasteiger partial charge < -0.3 is 50.4 Å². The normalized spacial score (nSPS) is 13.3. The number of aliphatic hydroxyl groups excluding tert-OH is 5. The summed E-state index contributed by atoms with van der Waals surface area (Å²) in [4.78, 5) is 26.0. The molecule has 0 aliphatic heterocycles. The molecule has 0 fully saturated rings. The van der Waals surface area contributed by atoms with E-state index in [1.54, 1.807) is 12.1 Å². The molecule has 0 radical (unpaired) electrons. The lowest BCUT2D eigenvalue weighted by atomic mass is 10.0. The third-order valence-corrected chi connectivity index (χ3v) is 11.8. The maximum absolute atomic E-state index is 13.6. The standard InChI is InChI=1S/C51H94N2O10/c1-4-7-10-13-16-19-22-25-28-31-36-61-44-39-42(50(59)52-34-35-53-51(60)48(58)47(57)46(56)43(55)41-54)40-45(62-37-32-29-26-23-20-17-14-11-8-5-2)49(44)63-38-33-30-27-24-21-18-15-12-9-6-3/h39-40,43,46-48,54-58H,4-38,41H2,1-3H3,(H,52,59)(H,53,60)/t43-,46-,47-,48+/m1/s1. The predicted molar refractivity (Wildman–Crippen MR) is 255 cm³/mol. The summed E-state index contributed by atoms with van der Waals surface area (Å²) in [5.74, 6) is 0.0424. The minimum Gasteiger partial charge on any atom is -0.490 e. The number of rotatable bonds is 45. The van der Waals surface area contributed by atoms with Crippen molar-refractivity contribution in [2.45, 2.75) is 238 Å². The second kappa shape index (κ2) is 40.8. The second-order valence-electron chi connectivity index (χ2n) is 17.6. The summed E-state index contributed by atoms with van der Waals surface area (Å²) in [5.41, 5.74) is 0.320. The molecule has 0 bridgehead atoms. The molecule has 0 saturated heterocycles. The Morgan fingerprint density at radius 1 is 0.476 bits per heavy atom. The van der Waals surface area contributed by atoms with Gasteiger partial charge in [-0.05, 0) is 31.4 Å². The molecular formula is C51H94N2O10. The molecule has 4 atom stereocenters. The van der Waals surface area contributed by atoms with E-state index in [0.29, 0.717) is 42.6 Å². The Morgan fingerprint density at radius 2 is 0.810 bits per heavy atom. The van der Waals surface area contributed by atoms with Crippen molar-refractivity contribution >= 4 is 11.8 Å². The van der Waals surface area contributed by atoms with Gasteiger partial charge in [0.15, 0.2) is 17.6 Å². The fraction of sp³-hybridized carbons (Fsp3) is 0.843. The first-order valence-corrected chi connectivity index (χ1v) is 25.7. The van der Waals surface area contributed by atoms with E-state index in [4.69, 9.17) is 19.3 Å². The molecule has 0 unspecified atom stereocenters. The number of unbranched alkanes of at least 4 members (excludes halogenated alkanes) is 27. The van der Waals surface area contributed by atoms with E-state index >= 15 is 0 Å². The highest BCUT2D eigenvalue weighted by Crippen LogP contribution is 2.40. The van der Waals surface area contributed by atoms with Gasteiger partial charge in [0.05, 0.1) is 26.4 Å². The Bertz CT molecular complexity index is 1190. The van der Waals surface area contributed by atoms with E-state index in [1.165, 1.54) is 141 Å². The fourth-order valence-corrected chi connectivity index (χ4v) is 7.62. The van der Waals surface area contributed by atoms with E-state index < -0.39 is 42.8 Å². The molecule has 2 amide bonds. The van der Waals surface area contributed by atoms with Crippen LogP contribution in [0.25, 0.3) is 0 Å². The van der Waals surface area contributed by atoms with Crippen molar-refractivity contribution in [2.24, 2.45) is 0 Å². The number of ether oxygens (including phenoxy) is 3. The maximum atomic E-state index is 13.6. The number of nitrogens with one attached hydrogen (secondary N) is 2. The number of hydrogen-bond donors (Lipinski definition) is 7. The van der Waals surface area contributed by atoms with Gasteiger partial charge >= 0.3 is 0 Å². The lowest BCUT2D eigenvalue weighted by molar-refractivity contribution is -0.148. The van der Waals surface area contributed by atoms with Gasteiger partial charge in [0.2, 0.25) is 5.75 Å². The Morgan fingerprint density at radius 3 is 1.17 bits per heavy atom. The monoisotopic (exact) mass is 895 g/mol. The van der Waals surface area contributed by atoms with Gasteiger partial charge in [0, 0.05) is 18.7 Å². The van der Waals surface area contributed by atoms with Crippen molar-refractivity contribution in [3.8, 4) is 17.2 Å². The number of benzene rings is 1. The van der Waals surface area contributed by atoms with Gasteiger partial charge in [0.25, 0.3) is 11.8 Å². The summed E-state index contributed by atoms with van der Waals surface area (Å²) < 4.78 is 19.3. The second-order valence-corrected chi connectivity index (χ2v) is 17.6. The summed E-state index contributed by atoms with van der Waals surface area (Å²) in [5, 5.41) is 53.8. The average Bonchev–Trinajstić information content (AvgIpc) is 3.29. The molecule has 1 rings (SSSR count). The Hall–Kier alpha value is -2.64. The topological polar surface area (TPSA) is 187 Å². The van der Waals surface area contributed by atoms with Crippen molar-refractivity contribution in [3.63, 3.8) is 0 Å². The van der Waals surface area contributed by atoms with Gasteiger partial charge in [-0.1, -0.05) is 194 Å². The molecule has 7 N–H and O–H groups in total. The van der Waals surface area contributed by atoms with Crippen LogP contribution in [0.3, 0.4) is 0 Å². The lowest BCUT2D eigenvalue weighted by Gasteiger charge is -2.24. The number of amides is 2. The molecule has 63 heavy (non-hydrogen) atoms. The highest BCUT2D eigenvalue weighted by Gasteiger charge is 2.34. The van der Waals surface area contributed by atoms with Crippen molar-refractivity contribution in [1.82, 2.24) is 10.6 Å². The molecule has 0 heterocycles. The molecule has 1 aromatic rings. The van der Waals surface area contributed by atoms with Crippen LogP contribution in [-0.4, -0.2) is 101 Å². The molecule has 12 nitrogen and oxygen atoms in total. The van der Waals surface area contributed by atoms with Gasteiger partial charge in [0.1, 0.15) is 18.3 Å². The highest BCUT2D eigenvalue weighted by atomic mass is 16.5. The number of carbonyl (C=O) groups is 2. The number of aliphatic hydroxyl groups is 5. The molecular weight excluding hydrogens is 801 g/mol. The molecule has 0 aliphatic rings. The van der Waals surface area contributed by atoms with Gasteiger partial charge in [-0.2, -0.15) is 0 Å². The number of carbonyl (C=O) groups excluding carboxylic acids is 2. The fourth-order valence-electron chi connectivity index (χ4n) is 7.62. The summed E-state index contributed by atoms with van der Waals surface area (Å²) in [6.45, 7) is 7.27. The average molecular weight is 895 g/mol. The SMILES string of the molecule is CCCCCCCCCCCCOc1cc(C(=O)NCCNC(=O)[C@@H](O)[C@H](O)[C@H](O)[C@H](O)CO)cc(OCCCCCCCCCCCC)c1OCCCCCCCCCCCC. The molecule has 12 heteroatoms. The summed E-state index contributed by atoms with van der Waals surface area (Å²) in [6, 6.07) is 3.39. The Balaban J connectivity index is 3.01. The largest absolute Gasteiger partial charge is 0.490 e. The third-order valence-electron chi connectivity index (χ3n) is 11.8. The van der Waals surface area contributed by atoms with Crippen molar-refractivity contribution in [2.75, 3.05) is 39.5 Å². The van der Waals surface area contributed by atoms with Crippen molar-refractivity contribution in [1.29, 1.82) is 0 Å². The Kier molecular flexibility index (Phi) is 37.8. The van der Waals surface area contributed by atoms with Crippen LogP contribution < -0.4 is 24.8 Å². The minimum absolute atomic E-state index is 0.00418. The van der Waals surface area contributed by atoms with Crippen LogP contribution in [0.4, 0.5) is 0 Å². The summed E-state index contributed by atoms with van der Waals surface area (Å²) in [7, 11) is 0. The molecule has 0 aliphatic carbocycles. The quantitative estimate of drug-likeness (QED) is 0.0311. The van der Waals surface area contributed by atoms with Gasteiger partial charge in [-0.25, -0.2) is 0 Å². The summed E-state index contributed by atoms with van der Waals surface area (Å²) >= 11 is 0. The maximum Gasteiger partial charge on any atom is 0.251 e. The lowest BCUT2D eigenvalue weighted by Crippen LogP contribution is -2.52. The van der Waals surface area contributed by atoms with Crippen LogP contribution in [0.15, 0.2) is 12.1 Å². The van der Waals surface area contributed by atoms with Gasteiger partial charge in [-0.15, -0.1) is 0 Å². The first kappa shape index (κ1) is 58.4. The van der Waals surface area contributed by atoms with Gasteiger partial charge in [-0.3, -0.25) is 9.59 Å². The van der Waals surface area contributed by atoms with Crippen molar-refractivity contribution in [3.05, 3.63) is 17.7 Å². The van der Waals surface area contributed by atoms with Crippen LogP contribution in [0, 0.1) is 0 Å².